The van der Waals surface area contributed by atoms with E-state index >= 15 is 0 Å². The topological polar surface area (TPSA) is 120 Å². The maximum Gasteiger partial charge on any atom is 0.573 e. The van der Waals surface area contributed by atoms with Crippen molar-refractivity contribution in [1.29, 1.82) is 0 Å². The number of amides is 2. The number of fused-ring (bicyclic) bond motifs is 5. The number of ether oxygens (including phenoxy) is 3. The zero-order valence-electron chi connectivity index (χ0n) is 25.7. The number of nitrogens with zero attached hydrogens (tertiary/aromatic N) is 3. The Hall–Kier alpha value is -3.06. The first-order valence-corrected chi connectivity index (χ1v) is 15.2. The Bertz CT molecular complexity index is 1400. The van der Waals surface area contributed by atoms with E-state index in [0.29, 0.717) is 24.1 Å². The van der Waals surface area contributed by atoms with Crippen LogP contribution in [0.1, 0.15) is 71.9 Å². The molecule has 45 heavy (non-hydrogen) atoms. The molecule has 2 amide bonds. The van der Waals surface area contributed by atoms with Gasteiger partial charge >= 0.3 is 12.5 Å². The van der Waals surface area contributed by atoms with E-state index in [-0.39, 0.29) is 48.5 Å². The number of hydrogen-bond acceptors (Lipinski definition) is 8. The first-order valence-electron chi connectivity index (χ1n) is 15.2. The van der Waals surface area contributed by atoms with Crippen molar-refractivity contribution in [1.82, 2.24) is 20.2 Å². The quantitative estimate of drug-likeness (QED) is 0.439. The molecule has 1 saturated carbocycles. The first-order chi connectivity index (χ1) is 20.8. The maximum absolute atomic E-state index is 14.0. The molecule has 1 aromatic carbocycles. The molecule has 2 aliphatic heterocycles. The van der Waals surface area contributed by atoms with Gasteiger partial charge in [-0.1, -0.05) is 53.0 Å². The third kappa shape index (κ3) is 8.21. The van der Waals surface area contributed by atoms with Crippen LogP contribution in [-0.4, -0.2) is 70.4 Å². The van der Waals surface area contributed by atoms with Crippen LogP contribution in [0.5, 0.6) is 11.6 Å². The molecular weight excluding hydrogens is 632 g/mol. The van der Waals surface area contributed by atoms with E-state index in [1.54, 1.807) is 0 Å². The SMILES string of the molecule is CC[C@@H]1[C@@H]2CN(C(=O)[C@H](C(C)(C)C)NC(=O)O[C@@H]3C[C@H]3CCCCCc3nc4ccc(OC(F)(F)F)cc4nc3O2)[C@@H]1[C-]=O.[V]. The molecular formula is C31H38F3N4O6V-. The number of aryl methyl sites for hydroxylation is 1. The Kier molecular flexibility index (Phi) is 10.6. The van der Waals surface area contributed by atoms with Crippen molar-refractivity contribution in [3.8, 4) is 11.6 Å². The van der Waals surface area contributed by atoms with Crippen LogP contribution in [0, 0.1) is 17.3 Å². The molecule has 1 saturated heterocycles. The fraction of sp³-hybridized carbons (Fsp3) is 0.645. The van der Waals surface area contributed by atoms with Gasteiger partial charge in [0.1, 0.15) is 29.7 Å². The molecule has 3 aliphatic rings. The van der Waals surface area contributed by atoms with E-state index in [4.69, 9.17) is 14.5 Å². The summed E-state index contributed by atoms with van der Waals surface area (Å²) in [5, 5.41) is 2.75. The Morgan fingerprint density at radius 2 is 1.82 bits per heavy atom. The largest absolute Gasteiger partial charge is 0.573 e. The molecule has 2 aromatic rings. The summed E-state index contributed by atoms with van der Waals surface area (Å²) in [5.74, 6) is -0.948. The molecule has 5 rings (SSSR count). The van der Waals surface area contributed by atoms with Gasteiger partial charge in [0.05, 0.1) is 17.6 Å². The standard InChI is InChI=1S/C31H38F3N4O6.V/c1-5-19-23(16-39)38-15-25(19)42-27-21(35-20-12-11-18(14-22(20)36-27)44-31(32,33)34)10-8-6-7-9-17-13-24(17)43-29(41)37-26(28(38)40)30(2,3)4;/h11-12,14,17,19,23-26H,5-10,13,15H2,1-4H3,(H,37,41);/q-1;/t17-,19+,23-,24-,25+,26-;/m1./s1. The number of rotatable bonds is 3. The number of hydrogen-bond donors (Lipinski definition) is 1. The number of carbonyl (C=O) groups is 2. The van der Waals surface area contributed by atoms with Crippen molar-refractivity contribution in [2.75, 3.05) is 6.54 Å². The smallest absolute Gasteiger partial charge is 0.540 e. The first kappa shape index (κ1) is 34.8. The second-order valence-electron chi connectivity index (χ2n) is 12.9. The van der Waals surface area contributed by atoms with E-state index in [0.717, 1.165) is 38.2 Å². The molecule has 1 N–H and O–H groups in total. The zero-order chi connectivity index (χ0) is 31.8. The number of benzene rings is 1. The van der Waals surface area contributed by atoms with Crippen LogP contribution in [0.4, 0.5) is 18.0 Å². The van der Waals surface area contributed by atoms with Crippen LogP contribution < -0.4 is 14.8 Å². The molecule has 6 atom stereocenters. The Balaban J connectivity index is 0.00000461. The molecule has 1 aromatic heterocycles. The monoisotopic (exact) mass is 670 g/mol. The van der Waals surface area contributed by atoms with Gasteiger partial charge in [-0.2, -0.15) is 0 Å². The van der Waals surface area contributed by atoms with Crippen molar-refractivity contribution in [3.63, 3.8) is 0 Å². The van der Waals surface area contributed by atoms with Crippen LogP contribution in [0.2, 0.25) is 0 Å². The van der Waals surface area contributed by atoms with E-state index in [1.807, 2.05) is 34.0 Å². The van der Waals surface area contributed by atoms with Gasteiger partial charge in [0, 0.05) is 24.6 Å². The number of nitrogens with one attached hydrogen (secondary N) is 1. The molecule has 2 bridgehead atoms. The summed E-state index contributed by atoms with van der Waals surface area (Å²) < 4.78 is 54.8. The van der Waals surface area contributed by atoms with Crippen LogP contribution in [0.25, 0.3) is 11.0 Å². The fourth-order valence-corrected chi connectivity index (χ4v) is 6.17. The van der Waals surface area contributed by atoms with E-state index in [1.165, 1.54) is 17.0 Å². The van der Waals surface area contributed by atoms with Gasteiger partial charge in [0.2, 0.25) is 11.8 Å². The molecule has 1 radical (unpaired) electrons. The summed E-state index contributed by atoms with van der Waals surface area (Å²) in [7, 11) is 0. The van der Waals surface area contributed by atoms with Gasteiger partial charge in [-0.3, -0.25) is 4.79 Å². The summed E-state index contributed by atoms with van der Waals surface area (Å²) in [6.45, 7) is 7.33. The summed E-state index contributed by atoms with van der Waals surface area (Å²) in [4.78, 5) is 49.8. The molecule has 14 heteroatoms. The predicted molar refractivity (Wildman–Crippen MR) is 153 cm³/mol. The van der Waals surface area contributed by atoms with Crippen molar-refractivity contribution in [2.45, 2.75) is 103 Å². The minimum absolute atomic E-state index is 0. The molecule has 245 valence electrons. The normalized spacial score (nSPS) is 27.8. The van der Waals surface area contributed by atoms with Crippen molar-refractivity contribution < 1.29 is 60.3 Å². The summed E-state index contributed by atoms with van der Waals surface area (Å²) in [5.41, 5.74) is 0.378. The summed E-state index contributed by atoms with van der Waals surface area (Å²) >= 11 is 0. The van der Waals surface area contributed by atoms with E-state index in [9.17, 15) is 27.6 Å². The Labute approximate surface area is 272 Å². The molecule has 0 spiro atoms. The molecule has 2 fully saturated rings. The van der Waals surface area contributed by atoms with Crippen molar-refractivity contribution >= 4 is 29.3 Å². The number of carbonyl (C=O) groups excluding carboxylic acids is 3. The molecule has 3 heterocycles. The summed E-state index contributed by atoms with van der Waals surface area (Å²) in [6, 6.07) is 1.83. The second-order valence-corrected chi connectivity index (χ2v) is 12.9. The van der Waals surface area contributed by atoms with Crippen molar-refractivity contribution in [2.24, 2.45) is 17.3 Å². The van der Waals surface area contributed by atoms with Gasteiger partial charge in [0.15, 0.2) is 0 Å². The molecule has 10 nitrogen and oxygen atoms in total. The third-order valence-electron chi connectivity index (χ3n) is 8.62. The molecule has 0 unspecified atom stereocenters. The number of aromatic nitrogens is 2. The minimum atomic E-state index is -4.87. The van der Waals surface area contributed by atoms with Gasteiger partial charge in [0.25, 0.3) is 0 Å². The average Bonchev–Trinajstić information content (AvgIpc) is 3.56. The van der Waals surface area contributed by atoms with Gasteiger partial charge in [-0.15, -0.1) is 13.2 Å². The van der Waals surface area contributed by atoms with Crippen molar-refractivity contribution in [3.05, 3.63) is 23.9 Å². The Morgan fingerprint density at radius 3 is 2.49 bits per heavy atom. The third-order valence-corrected chi connectivity index (χ3v) is 8.62. The summed E-state index contributed by atoms with van der Waals surface area (Å²) in [6.07, 6.45) is 0.774. The fourth-order valence-electron chi connectivity index (χ4n) is 6.17. The maximum atomic E-state index is 14.0. The van der Waals surface area contributed by atoms with Crippen LogP contribution >= 0.6 is 0 Å². The van der Waals surface area contributed by atoms with Gasteiger partial charge < -0.3 is 29.2 Å². The number of alkyl halides is 3. The van der Waals surface area contributed by atoms with E-state index < -0.39 is 53.6 Å². The number of halogens is 3. The van der Waals surface area contributed by atoms with Crippen LogP contribution in [0.15, 0.2) is 18.2 Å². The second kappa shape index (κ2) is 13.7. The zero-order valence-corrected chi connectivity index (χ0v) is 27.1. The van der Waals surface area contributed by atoms with Gasteiger partial charge in [-0.25, -0.2) is 21.0 Å². The Morgan fingerprint density at radius 1 is 1.07 bits per heavy atom. The van der Waals surface area contributed by atoms with E-state index in [2.05, 4.69) is 15.0 Å². The van der Waals surface area contributed by atoms with Gasteiger partial charge in [-0.05, 0) is 55.1 Å². The molecule has 1 aliphatic carbocycles. The average molecular weight is 671 g/mol. The minimum Gasteiger partial charge on any atom is -0.540 e. The van der Waals surface area contributed by atoms with Crippen LogP contribution in [-0.2, 0) is 39.3 Å². The predicted octanol–water partition coefficient (Wildman–Crippen LogP) is 5.27. The van der Waals surface area contributed by atoms with Crippen LogP contribution in [0.3, 0.4) is 0 Å². The number of alkyl carbamates (subject to hydrolysis) is 1.